The molecule has 0 fully saturated rings. The van der Waals surface area contributed by atoms with Crippen LogP contribution in [0.15, 0.2) is 12.3 Å². The van der Waals surface area contributed by atoms with Crippen molar-refractivity contribution in [2.75, 3.05) is 0 Å². The maximum absolute atomic E-state index is 4.04. The Labute approximate surface area is 83.6 Å². The third-order valence-electron chi connectivity index (χ3n) is 2.46. The van der Waals surface area contributed by atoms with Crippen molar-refractivity contribution in [3.63, 3.8) is 0 Å². The minimum atomic E-state index is 0.541. The second-order valence-electron chi connectivity index (χ2n) is 4.71. The van der Waals surface area contributed by atoms with Gasteiger partial charge in [0.05, 0.1) is 0 Å². The molecule has 1 atom stereocenters. The summed E-state index contributed by atoms with van der Waals surface area (Å²) in [5.74, 6) is 1.45. The van der Waals surface area contributed by atoms with E-state index in [1.165, 1.54) is 12.1 Å². The lowest BCUT2D eigenvalue weighted by Gasteiger charge is -2.20. The standard InChI is InChI=1S/C12H25N/c1-9(2)7-8-11(5)13-12(6)10(3)4/h9-10,12-13H,5,7-8H2,1-4,6H3. The minimum absolute atomic E-state index is 0.541. The second-order valence-corrected chi connectivity index (χ2v) is 4.71. The van der Waals surface area contributed by atoms with E-state index in [4.69, 9.17) is 0 Å². The zero-order valence-electron chi connectivity index (χ0n) is 9.85. The lowest BCUT2D eigenvalue weighted by atomic mass is 10.0. The molecule has 1 heteroatoms. The van der Waals surface area contributed by atoms with Crippen molar-refractivity contribution >= 4 is 0 Å². The largest absolute Gasteiger partial charge is 0.386 e. The summed E-state index contributed by atoms with van der Waals surface area (Å²) in [5.41, 5.74) is 1.19. The topological polar surface area (TPSA) is 12.0 Å². The highest BCUT2D eigenvalue weighted by Gasteiger charge is 2.06. The quantitative estimate of drug-likeness (QED) is 0.664. The Morgan fingerprint density at radius 2 is 1.69 bits per heavy atom. The van der Waals surface area contributed by atoms with Crippen LogP contribution >= 0.6 is 0 Å². The van der Waals surface area contributed by atoms with Crippen molar-refractivity contribution in [3.05, 3.63) is 12.3 Å². The Morgan fingerprint density at radius 1 is 1.15 bits per heavy atom. The number of allylic oxidation sites excluding steroid dienone is 1. The number of hydrogen-bond acceptors (Lipinski definition) is 1. The van der Waals surface area contributed by atoms with Crippen molar-refractivity contribution in [3.8, 4) is 0 Å². The fraction of sp³-hybridized carbons (Fsp3) is 0.833. The molecule has 0 spiro atoms. The van der Waals surface area contributed by atoms with Gasteiger partial charge in [-0.1, -0.05) is 34.3 Å². The van der Waals surface area contributed by atoms with E-state index < -0.39 is 0 Å². The molecule has 0 aromatic rings. The molecule has 0 aliphatic carbocycles. The van der Waals surface area contributed by atoms with Gasteiger partial charge in [-0.2, -0.15) is 0 Å². The van der Waals surface area contributed by atoms with Gasteiger partial charge in [-0.25, -0.2) is 0 Å². The molecule has 0 bridgehead atoms. The fourth-order valence-corrected chi connectivity index (χ4v) is 1.02. The first kappa shape index (κ1) is 12.5. The Bertz CT molecular complexity index is 147. The molecule has 0 aromatic carbocycles. The Morgan fingerprint density at radius 3 is 2.08 bits per heavy atom. The van der Waals surface area contributed by atoms with Gasteiger partial charge in [0.2, 0.25) is 0 Å². The predicted octanol–water partition coefficient (Wildman–Crippen LogP) is 3.57. The summed E-state index contributed by atoms with van der Waals surface area (Å²) in [5, 5.41) is 3.44. The van der Waals surface area contributed by atoms with Gasteiger partial charge in [0.15, 0.2) is 0 Å². The Balaban J connectivity index is 3.62. The molecule has 0 aliphatic rings. The number of nitrogens with one attached hydrogen (secondary N) is 1. The zero-order valence-corrected chi connectivity index (χ0v) is 9.85. The highest BCUT2D eigenvalue weighted by molar-refractivity contribution is 4.93. The molecule has 0 saturated heterocycles. The van der Waals surface area contributed by atoms with Crippen LogP contribution in [-0.2, 0) is 0 Å². The van der Waals surface area contributed by atoms with E-state index >= 15 is 0 Å². The van der Waals surface area contributed by atoms with E-state index in [1.807, 2.05) is 0 Å². The first-order valence-corrected chi connectivity index (χ1v) is 5.37. The summed E-state index contributed by atoms with van der Waals surface area (Å²) in [7, 11) is 0. The molecule has 0 amide bonds. The van der Waals surface area contributed by atoms with Crippen LogP contribution in [0.25, 0.3) is 0 Å². The number of hydrogen-bond donors (Lipinski definition) is 1. The van der Waals surface area contributed by atoms with Crippen LogP contribution in [-0.4, -0.2) is 6.04 Å². The molecule has 0 rings (SSSR count). The number of rotatable bonds is 6. The molecular weight excluding hydrogens is 158 g/mol. The maximum atomic E-state index is 4.04. The van der Waals surface area contributed by atoms with Gasteiger partial charge in [-0.05, 0) is 31.6 Å². The fourth-order valence-electron chi connectivity index (χ4n) is 1.02. The highest BCUT2D eigenvalue weighted by atomic mass is 14.9. The van der Waals surface area contributed by atoms with E-state index in [1.54, 1.807) is 0 Å². The first-order valence-electron chi connectivity index (χ1n) is 5.37. The van der Waals surface area contributed by atoms with Gasteiger partial charge >= 0.3 is 0 Å². The van der Waals surface area contributed by atoms with Gasteiger partial charge in [-0.3, -0.25) is 0 Å². The summed E-state index contributed by atoms with van der Waals surface area (Å²) in [6, 6.07) is 0.541. The summed E-state index contributed by atoms with van der Waals surface area (Å²) in [6.07, 6.45) is 2.34. The van der Waals surface area contributed by atoms with E-state index in [0.717, 1.165) is 12.3 Å². The van der Waals surface area contributed by atoms with E-state index in [0.29, 0.717) is 12.0 Å². The van der Waals surface area contributed by atoms with Gasteiger partial charge in [0.1, 0.15) is 0 Å². The van der Waals surface area contributed by atoms with E-state index in [9.17, 15) is 0 Å². The van der Waals surface area contributed by atoms with Gasteiger partial charge in [-0.15, -0.1) is 0 Å². The van der Waals surface area contributed by atoms with Crippen LogP contribution in [0.5, 0.6) is 0 Å². The first-order chi connectivity index (χ1) is 5.93. The van der Waals surface area contributed by atoms with Gasteiger partial charge in [0.25, 0.3) is 0 Å². The van der Waals surface area contributed by atoms with Crippen LogP contribution in [0.1, 0.15) is 47.5 Å². The normalized spacial score (nSPS) is 13.5. The molecule has 78 valence electrons. The maximum Gasteiger partial charge on any atom is 0.0252 e. The Hall–Kier alpha value is -0.460. The molecule has 13 heavy (non-hydrogen) atoms. The SMILES string of the molecule is C=C(CCC(C)C)NC(C)C(C)C. The van der Waals surface area contributed by atoms with Crippen LogP contribution in [0.3, 0.4) is 0 Å². The van der Waals surface area contributed by atoms with Crippen molar-refractivity contribution in [1.29, 1.82) is 0 Å². The summed E-state index contributed by atoms with van der Waals surface area (Å²) >= 11 is 0. The third-order valence-corrected chi connectivity index (χ3v) is 2.46. The van der Waals surface area contributed by atoms with Crippen LogP contribution in [0.4, 0.5) is 0 Å². The van der Waals surface area contributed by atoms with Crippen molar-refractivity contribution in [2.45, 2.75) is 53.5 Å². The molecule has 0 aromatic heterocycles. The summed E-state index contributed by atoms with van der Waals surface area (Å²) in [6.45, 7) is 15.2. The molecule has 1 N–H and O–H groups in total. The van der Waals surface area contributed by atoms with Crippen molar-refractivity contribution in [2.24, 2.45) is 11.8 Å². The average molecular weight is 183 g/mol. The minimum Gasteiger partial charge on any atom is -0.386 e. The van der Waals surface area contributed by atoms with Crippen LogP contribution in [0.2, 0.25) is 0 Å². The summed E-state index contributed by atoms with van der Waals surface area (Å²) in [4.78, 5) is 0. The van der Waals surface area contributed by atoms with Gasteiger partial charge in [0, 0.05) is 11.7 Å². The molecular formula is C12H25N. The van der Waals surface area contributed by atoms with Crippen LogP contribution < -0.4 is 5.32 Å². The van der Waals surface area contributed by atoms with E-state index in [2.05, 4.69) is 46.5 Å². The zero-order chi connectivity index (χ0) is 10.4. The predicted molar refractivity (Wildman–Crippen MR) is 60.6 cm³/mol. The summed E-state index contributed by atoms with van der Waals surface area (Å²) < 4.78 is 0. The molecule has 0 heterocycles. The molecule has 1 nitrogen and oxygen atoms in total. The van der Waals surface area contributed by atoms with Crippen LogP contribution in [0, 0.1) is 11.8 Å². The molecule has 0 radical (unpaired) electrons. The van der Waals surface area contributed by atoms with Gasteiger partial charge < -0.3 is 5.32 Å². The molecule has 1 unspecified atom stereocenters. The molecule has 0 aliphatic heterocycles. The van der Waals surface area contributed by atoms with Crippen molar-refractivity contribution < 1.29 is 0 Å². The lowest BCUT2D eigenvalue weighted by molar-refractivity contribution is 0.447. The van der Waals surface area contributed by atoms with E-state index in [-0.39, 0.29) is 0 Å². The smallest absolute Gasteiger partial charge is 0.0252 e. The lowest BCUT2D eigenvalue weighted by Crippen LogP contribution is -2.29. The monoisotopic (exact) mass is 183 g/mol. The molecule has 0 saturated carbocycles. The average Bonchev–Trinajstić information content (AvgIpc) is 2.00. The third kappa shape index (κ3) is 6.68. The Kier molecular flexibility index (Phi) is 5.85. The van der Waals surface area contributed by atoms with Crippen molar-refractivity contribution in [1.82, 2.24) is 5.32 Å². The highest BCUT2D eigenvalue weighted by Crippen LogP contribution is 2.10. The second kappa shape index (κ2) is 6.06.